The van der Waals surface area contributed by atoms with E-state index >= 15 is 0 Å². The van der Waals surface area contributed by atoms with Gasteiger partial charge >= 0.3 is 0 Å². The Hall–Kier alpha value is -0.620. The Labute approximate surface area is 109 Å². The molecule has 3 nitrogen and oxygen atoms in total. The van der Waals surface area contributed by atoms with E-state index in [9.17, 15) is 9.18 Å². The number of rotatable bonds is 1. The van der Waals surface area contributed by atoms with Gasteiger partial charge in [0.1, 0.15) is 5.82 Å². The van der Waals surface area contributed by atoms with E-state index in [1.165, 1.54) is 17.0 Å². The Balaban J connectivity index is 2.41. The zero-order valence-corrected chi connectivity index (χ0v) is 11.4. The number of hydrogen-bond donors (Lipinski definition) is 1. The zero-order chi connectivity index (χ0) is 11.9. The molecule has 1 saturated heterocycles. The minimum atomic E-state index is -0.421. The number of alkyl halides is 1. The number of hydrogen-bond acceptors (Lipinski definition) is 2. The lowest BCUT2D eigenvalue weighted by Gasteiger charge is -2.18. The maximum atomic E-state index is 13.4. The van der Waals surface area contributed by atoms with Crippen LogP contribution in [0.2, 0.25) is 0 Å². The first-order valence-electron chi connectivity index (χ1n) is 4.68. The van der Waals surface area contributed by atoms with E-state index in [2.05, 4.69) is 31.9 Å². The van der Waals surface area contributed by atoms with Crippen LogP contribution in [0.1, 0.15) is 6.42 Å². The van der Waals surface area contributed by atoms with Crippen molar-refractivity contribution >= 4 is 49.1 Å². The average Bonchev–Trinajstić information content (AvgIpc) is 2.51. The molecule has 0 aliphatic carbocycles. The number of nitrogens with zero attached hydrogens (tertiary/aromatic N) is 1. The lowest BCUT2D eigenvalue weighted by atomic mass is 10.2. The van der Waals surface area contributed by atoms with Crippen LogP contribution >= 0.6 is 31.9 Å². The third-order valence-electron chi connectivity index (χ3n) is 2.44. The van der Waals surface area contributed by atoms with E-state index in [-0.39, 0.29) is 10.7 Å². The highest BCUT2D eigenvalue weighted by atomic mass is 79.9. The summed E-state index contributed by atoms with van der Waals surface area (Å²) in [6.07, 6.45) is 0.414. The highest BCUT2D eigenvalue weighted by Gasteiger charge is 2.30. The van der Waals surface area contributed by atoms with Crippen molar-refractivity contribution in [2.45, 2.75) is 11.2 Å². The van der Waals surface area contributed by atoms with Crippen molar-refractivity contribution in [3.05, 3.63) is 22.4 Å². The SMILES string of the molecule is Nc1cc(Br)c(F)cc1N1CC(Br)CC1=O. The number of amides is 1. The first kappa shape index (κ1) is 11.9. The summed E-state index contributed by atoms with van der Waals surface area (Å²) < 4.78 is 13.7. The molecule has 1 atom stereocenters. The Morgan fingerprint density at radius 3 is 2.75 bits per heavy atom. The summed E-state index contributed by atoms with van der Waals surface area (Å²) >= 11 is 6.42. The van der Waals surface area contributed by atoms with Crippen LogP contribution in [0.4, 0.5) is 15.8 Å². The lowest BCUT2D eigenvalue weighted by Crippen LogP contribution is -2.25. The molecule has 0 aromatic heterocycles. The van der Waals surface area contributed by atoms with Gasteiger partial charge in [0.15, 0.2) is 0 Å². The second-order valence-electron chi connectivity index (χ2n) is 3.63. The van der Waals surface area contributed by atoms with Crippen molar-refractivity contribution in [3.63, 3.8) is 0 Å². The van der Waals surface area contributed by atoms with E-state index in [1.807, 2.05) is 0 Å². The summed E-state index contributed by atoms with van der Waals surface area (Å²) in [7, 11) is 0. The molecule has 0 spiro atoms. The molecular weight excluding hydrogens is 343 g/mol. The van der Waals surface area contributed by atoms with Crippen molar-refractivity contribution in [1.29, 1.82) is 0 Å². The maximum absolute atomic E-state index is 13.4. The van der Waals surface area contributed by atoms with Crippen LogP contribution in [0.15, 0.2) is 16.6 Å². The Bertz CT molecular complexity index is 453. The van der Waals surface area contributed by atoms with E-state index in [4.69, 9.17) is 5.73 Å². The number of carbonyl (C=O) groups excluding carboxylic acids is 1. The van der Waals surface area contributed by atoms with Crippen molar-refractivity contribution < 1.29 is 9.18 Å². The number of carbonyl (C=O) groups is 1. The summed E-state index contributed by atoms with van der Waals surface area (Å²) in [5.41, 5.74) is 6.60. The highest BCUT2D eigenvalue weighted by Crippen LogP contribution is 2.33. The van der Waals surface area contributed by atoms with Crippen LogP contribution < -0.4 is 10.6 Å². The monoisotopic (exact) mass is 350 g/mol. The van der Waals surface area contributed by atoms with Gasteiger partial charge in [-0.3, -0.25) is 4.79 Å². The lowest BCUT2D eigenvalue weighted by molar-refractivity contribution is -0.117. The molecule has 1 aromatic rings. The molecule has 0 bridgehead atoms. The van der Waals surface area contributed by atoms with Gasteiger partial charge < -0.3 is 10.6 Å². The van der Waals surface area contributed by atoms with Gasteiger partial charge in [0.05, 0.1) is 15.8 Å². The quantitative estimate of drug-likeness (QED) is 0.624. The molecule has 1 aromatic carbocycles. The molecule has 1 amide bonds. The van der Waals surface area contributed by atoms with Gasteiger partial charge in [-0.2, -0.15) is 0 Å². The summed E-state index contributed by atoms with van der Waals surface area (Å²) in [4.78, 5) is 13.2. The molecule has 6 heteroatoms. The molecule has 2 N–H and O–H groups in total. The second kappa shape index (κ2) is 4.33. The first-order valence-corrected chi connectivity index (χ1v) is 6.39. The van der Waals surface area contributed by atoms with Gasteiger partial charge in [-0.15, -0.1) is 0 Å². The average molecular weight is 352 g/mol. The fourth-order valence-corrected chi connectivity index (χ4v) is 2.61. The van der Waals surface area contributed by atoms with E-state index < -0.39 is 5.82 Å². The molecule has 1 heterocycles. The number of nitrogen functional groups attached to an aromatic ring is 1. The minimum Gasteiger partial charge on any atom is -0.397 e. The first-order chi connectivity index (χ1) is 7.49. The molecule has 86 valence electrons. The third kappa shape index (κ3) is 2.08. The molecule has 1 aliphatic rings. The van der Waals surface area contributed by atoms with Crippen molar-refractivity contribution in [3.8, 4) is 0 Å². The Morgan fingerprint density at radius 1 is 1.50 bits per heavy atom. The fourth-order valence-electron chi connectivity index (χ4n) is 1.68. The minimum absolute atomic E-state index is 0.0460. The van der Waals surface area contributed by atoms with E-state index in [0.717, 1.165) is 0 Å². The standard InChI is InChI=1S/C10H9Br2FN2O/c11-5-1-10(16)15(4-5)9-3-7(13)6(12)2-8(9)14/h2-3,5H,1,4,14H2. The molecule has 1 fully saturated rings. The van der Waals surface area contributed by atoms with Crippen molar-refractivity contribution in [2.24, 2.45) is 0 Å². The highest BCUT2D eigenvalue weighted by molar-refractivity contribution is 9.10. The van der Waals surface area contributed by atoms with Crippen LogP contribution in [-0.4, -0.2) is 17.3 Å². The zero-order valence-electron chi connectivity index (χ0n) is 8.21. The number of anilines is 2. The van der Waals surface area contributed by atoms with Crippen molar-refractivity contribution in [1.82, 2.24) is 0 Å². The Morgan fingerprint density at radius 2 is 2.19 bits per heavy atom. The maximum Gasteiger partial charge on any atom is 0.228 e. The van der Waals surface area contributed by atoms with Gasteiger partial charge in [0.25, 0.3) is 0 Å². The van der Waals surface area contributed by atoms with Crippen LogP contribution in [0.5, 0.6) is 0 Å². The molecule has 2 rings (SSSR count). The van der Waals surface area contributed by atoms with Gasteiger partial charge in [-0.05, 0) is 22.0 Å². The molecule has 1 unspecified atom stereocenters. The molecule has 16 heavy (non-hydrogen) atoms. The van der Waals surface area contributed by atoms with Gasteiger partial charge in [-0.25, -0.2) is 4.39 Å². The fraction of sp³-hybridized carbons (Fsp3) is 0.300. The summed E-state index contributed by atoms with van der Waals surface area (Å²) in [5.74, 6) is -0.467. The molecular formula is C10H9Br2FN2O. The molecule has 0 saturated carbocycles. The summed E-state index contributed by atoms with van der Waals surface area (Å²) in [6, 6.07) is 2.75. The van der Waals surface area contributed by atoms with E-state index in [1.54, 1.807) is 0 Å². The molecule has 1 aliphatic heterocycles. The topological polar surface area (TPSA) is 46.3 Å². The van der Waals surface area contributed by atoms with Crippen LogP contribution in [0.25, 0.3) is 0 Å². The smallest absolute Gasteiger partial charge is 0.228 e. The van der Waals surface area contributed by atoms with Crippen molar-refractivity contribution in [2.75, 3.05) is 17.2 Å². The number of nitrogens with two attached hydrogens (primary N) is 1. The summed E-state index contributed by atoms with van der Waals surface area (Å²) in [5, 5.41) is 0. The van der Waals surface area contributed by atoms with Gasteiger partial charge in [0, 0.05) is 23.9 Å². The normalized spacial score (nSPS) is 20.6. The number of halogens is 3. The predicted octanol–water partition coefficient (Wildman–Crippen LogP) is 2.67. The van der Waals surface area contributed by atoms with Gasteiger partial charge in [-0.1, -0.05) is 15.9 Å². The van der Waals surface area contributed by atoms with E-state index in [0.29, 0.717) is 28.8 Å². The van der Waals surface area contributed by atoms with Crippen LogP contribution in [-0.2, 0) is 4.79 Å². The van der Waals surface area contributed by atoms with Crippen LogP contribution in [0.3, 0.4) is 0 Å². The van der Waals surface area contributed by atoms with Crippen LogP contribution in [0, 0.1) is 5.82 Å². The summed E-state index contributed by atoms with van der Waals surface area (Å²) in [6.45, 7) is 0.518. The predicted molar refractivity (Wildman–Crippen MR) is 68.2 cm³/mol. The number of benzene rings is 1. The Kier molecular flexibility index (Phi) is 3.21. The third-order valence-corrected chi connectivity index (χ3v) is 3.66. The second-order valence-corrected chi connectivity index (χ2v) is 5.78. The van der Waals surface area contributed by atoms with Gasteiger partial charge in [0.2, 0.25) is 5.91 Å². The largest absolute Gasteiger partial charge is 0.397 e. The molecule has 0 radical (unpaired) electrons.